The second-order valence-electron chi connectivity index (χ2n) is 4.59. The standard InChI is InChI=1S/C12H24N2O2/c1-13-9-11-5-4-7-14(10-11)12(16)6-2-3-8-15/h11,13,15H,2-10H2,1H3. The van der Waals surface area contributed by atoms with Crippen LogP contribution in [0.15, 0.2) is 0 Å². The van der Waals surface area contributed by atoms with Gasteiger partial charge in [0.1, 0.15) is 0 Å². The lowest BCUT2D eigenvalue weighted by Gasteiger charge is -2.32. The Morgan fingerprint density at radius 1 is 1.50 bits per heavy atom. The van der Waals surface area contributed by atoms with Gasteiger partial charge in [-0.25, -0.2) is 0 Å². The van der Waals surface area contributed by atoms with E-state index in [1.165, 1.54) is 6.42 Å². The van der Waals surface area contributed by atoms with E-state index in [2.05, 4.69) is 5.32 Å². The minimum Gasteiger partial charge on any atom is -0.396 e. The van der Waals surface area contributed by atoms with Crippen molar-refractivity contribution in [1.29, 1.82) is 0 Å². The zero-order chi connectivity index (χ0) is 11.8. The normalized spacial score (nSPS) is 21.1. The quantitative estimate of drug-likeness (QED) is 0.655. The van der Waals surface area contributed by atoms with Gasteiger partial charge in [-0.15, -0.1) is 0 Å². The molecule has 1 aliphatic rings. The molecule has 1 unspecified atom stereocenters. The number of nitrogens with one attached hydrogen (secondary N) is 1. The molecule has 0 aromatic rings. The first-order valence-corrected chi connectivity index (χ1v) is 6.31. The molecule has 0 aromatic heterocycles. The SMILES string of the molecule is CNCC1CCCN(C(=O)CCCCO)C1. The summed E-state index contributed by atoms with van der Waals surface area (Å²) < 4.78 is 0. The number of nitrogens with zero attached hydrogens (tertiary/aromatic N) is 1. The molecular formula is C12H24N2O2. The van der Waals surface area contributed by atoms with Crippen LogP contribution in [0.3, 0.4) is 0 Å². The van der Waals surface area contributed by atoms with Crippen LogP contribution in [0.4, 0.5) is 0 Å². The Labute approximate surface area is 98.0 Å². The molecule has 0 bridgehead atoms. The van der Waals surface area contributed by atoms with Gasteiger partial charge in [0, 0.05) is 26.1 Å². The fourth-order valence-corrected chi connectivity index (χ4v) is 2.29. The summed E-state index contributed by atoms with van der Waals surface area (Å²) in [5, 5.41) is 11.8. The van der Waals surface area contributed by atoms with E-state index in [1.54, 1.807) is 0 Å². The van der Waals surface area contributed by atoms with Gasteiger partial charge in [-0.2, -0.15) is 0 Å². The maximum atomic E-state index is 11.8. The van der Waals surface area contributed by atoms with Crippen molar-refractivity contribution in [3.63, 3.8) is 0 Å². The molecule has 1 atom stereocenters. The van der Waals surface area contributed by atoms with E-state index in [9.17, 15) is 4.79 Å². The number of unbranched alkanes of at least 4 members (excludes halogenated alkanes) is 1. The van der Waals surface area contributed by atoms with Crippen LogP contribution in [0.2, 0.25) is 0 Å². The van der Waals surface area contributed by atoms with E-state index in [-0.39, 0.29) is 12.5 Å². The Hall–Kier alpha value is -0.610. The average molecular weight is 228 g/mol. The summed E-state index contributed by atoms with van der Waals surface area (Å²) in [7, 11) is 1.96. The molecule has 4 nitrogen and oxygen atoms in total. The van der Waals surface area contributed by atoms with E-state index >= 15 is 0 Å². The predicted molar refractivity (Wildman–Crippen MR) is 64.2 cm³/mol. The summed E-state index contributed by atoms with van der Waals surface area (Å²) >= 11 is 0. The lowest BCUT2D eigenvalue weighted by atomic mass is 9.97. The second-order valence-corrected chi connectivity index (χ2v) is 4.59. The van der Waals surface area contributed by atoms with Crippen LogP contribution in [-0.4, -0.2) is 49.2 Å². The van der Waals surface area contributed by atoms with Crippen molar-refractivity contribution in [2.75, 3.05) is 33.3 Å². The van der Waals surface area contributed by atoms with Gasteiger partial charge in [-0.3, -0.25) is 4.79 Å². The number of likely N-dealkylation sites (tertiary alicyclic amines) is 1. The van der Waals surface area contributed by atoms with Crippen LogP contribution in [0.1, 0.15) is 32.1 Å². The van der Waals surface area contributed by atoms with Gasteiger partial charge in [-0.1, -0.05) is 0 Å². The van der Waals surface area contributed by atoms with Crippen LogP contribution in [0.25, 0.3) is 0 Å². The highest BCUT2D eigenvalue weighted by Gasteiger charge is 2.22. The monoisotopic (exact) mass is 228 g/mol. The van der Waals surface area contributed by atoms with E-state index in [0.717, 1.165) is 38.9 Å². The Morgan fingerprint density at radius 2 is 2.31 bits per heavy atom. The van der Waals surface area contributed by atoms with Gasteiger partial charge in [0.25, 0.3) is 0 Å². The Bertz CT molecular complexity index is 207. The lowest BCUT2D eigenvalue weighted by Crippen LogP contribution is -2.42. The number of rotatable bonds is 6. The van der Waals surface area contributed by atoms with Crippen molar-refractivity contribution < 1.29 is 9.90 Å². The summed E-state index contributed by atoms with van der Waals surface area (Å²) in [6, 6.07) is 0. The van der Waals surface area contributed by atoms with Crippen molar-refractivity contribution in [3.05, 3.63) is 0 Å². The predicted octanol–water partition coefficient (Wildman–Crippen LogP) is 0.607. The first-order valence-electron chi connectivity index (χ1n) is 6.31. The molecule has 1 saturated heterocycles. The lowest BCUT2D eigenvalue weighted by molar-refractivity contribution is -0.133. The van der Waals surface area contributed by atoms with Gasteiger partial charge in [-0.05, 0) is 45.2 Å². The number of hydrogen-bond acceptors (Lipinski definition) is 3. The molecular weight excluding hydrogens is 204 g/mol. The van der Waals surface area contributed by atoms with Crippen molar-refractivity contribution >= 4 is 5.91 Å². The highest BCUT2D eigenvalue weighted by molar-refractivity contribution is 5.76. The molecule has 0 spiro atoms. The Balaban J connectivity index is 2.26. The number of hydrogen-bond donors (Lipinski definition) is 2. The van der Waals surface area contributed by atoms with Crippen molar-refractivity contribution in [2.24, 2.45) is 5.92 Å². The minimum absolute atomic E-state index is 0.190. The Kier molecular flexibility index (Phi) is 6.42. The highest BCUT2D eigenvalue weighted by atomic mass is 16.3. The topological polar surface area (TPSA) is 52.6 Å². The van der Waals surface area contributed by atoms with Crippen LogP contribution >= 0.6 is 0 Å². The first kappa shape index (κ1) is 13.5. The molecule has 1 fully saturated rings. The molecule has 16 heavy (non-hydrogen) atoms. The largest absolute Gasteiger partial charge is 0.396 e. The number of carbonyl (C=O) groups is 1. The summed E-state index contributed by atoms with van der Waals surface area (Å²) in [5.74, 6) is 0.870. The van der Waals surface area contributed by atoms with Crippen molar-refractivity contribution in [2.45, 2.75) is 32.1 Å². The maximum Gasteiger partial charge on any atom is 0.222 e. The first-order chi connectivity index (χ1) is 7.77. The average Bonchev–Trinajstić information content (AvgIpc) is 2.30. The summed E-state index contributed by atoms with van der Waals surface area (Å²) in [4.78, 5) is 13.8. The fraction of sp³-hybridized carbons (Fsp3) is 0.917. The zero-order valence-electron chi connectivity index (χ0n) is 10.2. The van der Waals surface area contributed by atoms with Gasteiger partial charge in [0.05, 0.1) is 0 Å². The summed E-state index contributed by atoms with van der Waals surface area (Å²) in [5.41, 5.74) is 0. The maximum absolute atomic E-state index is 11.8. The highest BCUT2D eigenvalue weighted by Crippen LogP contribution is 2.16. The summed E-state index contributed by atoms with van der Waals surface area (Å²) in [6.45, 7) is 3.01. The Morgan fingerprint density at radius 3 is 3.00 bits per heavy atom. The number of aliphatic hydroxyl groups is 1. The smallest absolute Gasteiger partial charge is 0.222 e. The molecule has 1 amide bonds. The van der Waals surface area contributed by atoms with Gasteiger partial charge in [0.2, 0.25) is 5.91 Å². The molecule has 1 heterocycles. The van der Waals surface area contributed by atoms with Gasteiger partial charge < -0.3 is 15.3 Å². The zero-order valence-corrected chi connectivity index (χ0v) is 10.2. The van der Waals surface area contributed by atoms with Crippen molar-refractivity contribution in [1.82, 2.24) is 10.2 Å². The molecule has 0 aliphatic carbocycles. The molecule has 2 N–H and O–H groups in total. The fourth-order valence-electron chi connectivity index (χ4n) is 2.29. The molecule has 0 aromatic carbocycles. The second kappa shape index (κ2) is 7.63. The number of piperidine rings is 1. The third kappa shape index (κ3) is 4.49. The molecule has 1 rings (SSSR count). The van der Waals surface area contributed by atoms with E-state index in [0.29, 0.717) is 12.3 Å². The van der Waals surface area contributed by atoms with Gasteiger partial charge in [0.15, 0.2) is 0 Å². The van der Waals surface area contributed by atoms with Crippen LogP contribution in [-0.2, 0) is 4.79 Å². The molecule has 1 aliphatic heterocycles. The third-order valence-corrected chi connectivity index (χ3v) is 3.16. The molecule has 94 valence electrons. The number of carbonyl (C=O) groups excluding carboxylic acids is 1. The number of aliphatic hydroxyl groups excluding tert-OH is 1. The molecule has 0 saturated carbocycles. The minimum atomic E-state index is 0.190. The van der Waals surface area contributed by atoms with E-state index in [1.807, 2.05) is 11.9 Å². The molecule has 4 heteroatoms. The summed E-state index contributed by atoms with van der Waals surface area (Å²) in [6.07, 6.45) is 4.48. The van der Waals surface area contributed by atoms with Crippen LogP contribution < -0.4 is 5.32 Å². The third-order valence-electron chi connectivity index (χ3n) is 3.16. The van der Waals surface area contributed by atoms with Crippen molar-refractivity contribution in [3.8, 4) is 0 Å². The van der Waals surface area contributed by atoms with E-state index < -0.39 is 0 Å². The van der Waals surface area contributed by atoms with Crippen LogP contribution in [0.5, 0.6) is 0 Å². The van der Waals surface area contributed by atoms with Crippen LogP contribution in [0, 0.1) is 5.92 Å². The van der Waals surface area contributed by atoms with E-state index in [4.69, 9.17) is 5.11 Å². The van der Waals surface area contributed by atoms with Gasteiger partial charge >= 0.3 is 0 Å². The number of amides is 1. The molecule has 0 radical (unpaired) electrons.